The second kappa shape index (κ2) is 5.51. The largest absolute Gasteiger partial charge is 0.481 e. The maximum absolute atomic E-state index is 11.4. The number of ether oxygens (including phenoxy) is 1. The van der Waals surface area contributed by atoms with Gasteiger partial charge in [0.1, 0.15) is 5.75 Å². The summed E-state index contributed by atoms with van der Waals surface area (Å²) in [6.07, 6.45) is 0.00623. The molecular formula is C14H16N2O2. The molecule has 1 atom stereocenters. The Hall–Kier alpha value is -2.07. The van der Waals surface area contributed by atoms with E-state index in [0.29, 0.717) is 12.2 Å². The Balaban J connectivity index is 2.23. The van der Waals surface area contributed by atoms with Gasteiger partial charge in [-0.2, -0.15) is 0 Å². The molecule has 0 heterocycles. The zero-order chi connectivity index (χ0) is 13.0. The van der Waals surface area contributed by atoms with Gasteiger partial charge in [-0.25, -0.2) is 5.84 Å². The van der Waals surface area contributed by atoms with E-state index in [1.54, 1.807) is 0 Å². The van der Waals surface area contributed by atoms with E-state index in [0.717, 1.165) is 10.8 Å². The highest BCUT2D eigenvalue weighted by Crippen LogP contribution is 2.21. The molecule has 0 aromatic heterocycles. The second-order valence-electron chi connectivity index (χ2n) is 4.03. The molecule has 3 N–H and O–H groups in total. The fourth-order valence-corrected chi connectivity index (χ4v) is 1.82. The number of carbonyl (C=O) groups is 1. The van der Waals surface area contributed by atoms with Gasteiger partial charge in [0.15, 0.2) is 6.10 Å². The molecule has 0 fully saturated rings. The van der Waals surface area contributed by atoms with Gasteiger partial charge in [0, 0.05) is 0 Å². The summed E-state index contributed by atoms with van der Waals surface area (Å²) in [7, 11) is 0. The van der Waals surface area contributed by atoms with Crippen LogP contribution in [0.2, 0.25) is 0 Å². The number of hydrogen-bond acceptors (Lipinski definition) is 3. The Morgan fingerprint density at radius 2 is 2.00 bits per heavy atom. The van der Waals surface area contributed by atoms with Gasteiger partial charge in [-0.15, -0.1) is 0 Å². The maximum Gasteiger partial charge on any atom is 0.274 e. The van der Waals surface area contributed by atoms with Gasteiger partial charge in [-0.1, -0.05) is 37.3 Å². The number of amides is 1. The molecule has 1 amide bonds. The average Bonchev–Trinajstić information content (AvgIpc) is 2.43. The third-order valence-electron chi connectivity index (χ3n) is 2.80. The van der Waals surface area contributed by atoms with Crippen molar-refractivity contribution in [3.05, 3.63) is 42.5 Å². The van der Waals surface area contributed by atoms with Crippen molar-refractivity contribution < 1.29 is 9.53 Å². The Morgan fingerprint density at radius 3 is 2.67 bits per heavy atom. The molecule has 2 aromatic rings. The SMILES string of the molecule is CCC(Oc1ccc2ccccc2c1)C(=O)NN. The minimum Gasteiger partial charge on any atom is -0.481 e. The molecule has 0 aliphatic carbocycles. The lowest BCUT2D eigenvalue weighted by Crippen LogP contribution is -2.41. The van der Waals surface area contributed by atoms with E-state index in [2.05, 4.69) is 5.43 Å². The predicted molar refractivity (Wildman–Crippen MR) is 71.0 cm³/mol. The summed E-state index contributed by atoms with van der Waals surface area (Å²) in [6.45, 7) is 1.88. The molecule has 4 heteroatoms. The summed E-state index contributed by atoms with van der Waals surface area (Å²) in [5.41, 5.74) is 2.11. The summed E-state index contributed by atoms with van der Waals surface area (Å²) < 4.78 is 5.63. The van der Waals surface area contributed by atoms with Crippen molar-refractivity contribution in [2.24, 2.45) is 5.84 Å². The van der Waals surface area contributed by atoms with Crippen LogP contribution >= 0.6 is 0 Å². The summed E-state index contributed by atoms with van der Waals surface area (Å²) in [5, 5.41) is 2.22. The van der Waals surface area contributed by atoms with Crippen LogP contribution in [0, 0.1) is 0 Å². The first kappa shape index (κ1) is 12.4. The van der Waals surface area contributed by atoms with Gasteiger partial charge in [-0.3, -0.25) is 10.2 Å². The van der Waals surface area contributed by atoms with Crippen molar-refractivity contribution in [2.75, 3.05) is 0 Å². The quantitative estimate of drug-likeness (QED) is 0.491. The Morgan fingerprint density at radius 1 is 1.28 bits per heavy atom. The number of benzene rings is 2. The number of carbonyl (C=O) groups excluding carboxylic acids is 1. The Labute approximate surface area is 106 Å². The lowest BCUT2D eigenvalue weighted by atomic mass is 10.1. The van der Waals surface area contributed by atoms with E-state index >= 15 is 0 Å². The fraction of sp³-hybridized carbons (Fsp3) is 0.214. The van der Waals surface area contributed by atoms with Gasteiger partial charge in [-0.05, 0) is 29.3 Å². The third-order valence-corrected chi connectivity index (χ3v) is 2.80. The zero-order valence-electron chi connectivity index (χ0n) is 10.2. The molecule has 0 saturated carbocycles. The Bertz CT molecular complexity index is 554. The number of hydrogen-bond donors (Lipinski definition) is 2. The number of nitrogens with one attached hydrogen (secondary N) is 1. The molecule has 0 aliphatic heterocycles. The van der Waals surface area contributed by atoms with Crippen molar-refractivity contribution in [1.29, 1.82) is 0 Å². The van der Waals surface area contributed by atoms with Crippen molar-refractivity contribution in [1.82, 2.24) is 5.43 Å². The predicted octanol–water partition coefficient (Wildman–Crippen LogP) is 1.99. The molecule has 2 rings (SSSR count). The van der Waals surface area contributed by atoms with Gasteiger partial charge in [0.05, 0.1) is 0 Å². The van der Waals surface area contributed by atoms with Crippen LogP contribution in [0.5, 0.6) is 5.75 Å². The topological polar surface area (TPSA) is 64.3 Å². The van der Waals surface area contributed by atoms with E-state index < -0.39 is 6.10 Å². The van der Waals surface area contributed by atoms with Crippen LogP contribution in [0.1, 0.15) is 13.3 Å². The molecule has 4 nitrogen and oxygen atoms in total. The molecule has 0 aliphatic rings. The van der Waals surface area contributed by atoms with Crippen LogP contribution in [0.3, 0.4) is 0 Å². The van der Waals surface area contributed by atoms with E-state index in [9.17, 15) is 4.79 Å². The molecular weight excluding hydrogens is 228 g/mol. The molecule has 0 radical (unpaired) electrons. The molecule has 94 valence electrons. The number of fused-ring (bicyclic) bond motifs is 1. The van der Waals surface area contributed by atoms with Crippen LogP contribution in [0.4, 0.5) is 0 Å². The number of hydrazine groups is 1. The highest BCUT2D eigenvalue weighted by atomic mass is 16.5. The first-order valence-corrected chi connectivity index (χ1v) is 5.90. The summed E-state index contributed by atoms with van der Waals surface area (Å²) >= 11 is 0. The van der Waals surface area contributed by atoms with Gasteiger partial charge in [0.25, 0.3) is 5.91 Å². The first-order chi connectivity index (χ1) is 8.74. The van der Waals surface area contributed by atoms with Crippen molar-refractivity contribution in [3.63, 3.8) is 0 Å². The molecule has 1 unspecified atom stereocenters. The minimum absolute atomic E-state index is 0.314. The zero-order valence-corrected chi connectivity index (χ0v) is 10.2. The van der Waals surface area contributed by atoms with E-state index in [1.165, 1.54) is 0 Å². The first-order valence-electron chi connectivity index (χ1n) is 5.90. The molecule has 0 bridgehead atoms. The van der Waals surface area contributed by atoms with E-state index in [1.807, 2.05) is 49.4 Å². The van der Waals surface area contributed by atoms with Crippen molar-refractivity contribution in [3.8, 4) is 5.75 Å². The number of rotatable bonds is 4. The summed E-state index contributed by atoms with van der Waals surface area (Å²) in [6, 6.07) is 13.7. The normalized spacial score (nSPS) is 12.1. The lowest BCUT2D eigenvalue weighted by molar-refractivity contribution is -0.128. The molecule has 2 aromatic carbocycles. The summed E-state index contributed by atoms with van der Waals surface area (Å²) in [5.74, 6) is 5.47. The highest BCUT2D eigenvalue weighted by molar-refractivity contribution is 5.84. The van der Waals surface area contributed by atoms with Crippen LogP contribution < -0.4 is 16.0 Å². The van der Waals surface area contributed by atoms with Gasteiger partial charge in [0.2, 0.25) is 0 Å². The number of nitrogens with two attached hydrogens (primary N) is 1. The smallest absolute Gasteiger partial charge is 0.274 e. The third kappa shape index (κ3) is 2.60. The van der Waals surface area contributed by atoms with Crippen LogP contribution in [0.25, 0.3) is 10.8 Å². The Kier molecular flexibility index (Phi) is 3.79. The van der Waals surface area contributed by atoms with Gasteiger partial charge >= 0.3 is 0 Å². The average molecular weight is 244 g/mol. The van der Waals surface area contributed by atoms with Gasteiger partial charge < -0.3 is 4.74 Å². The fourth-order valence-electron chi connectivity index (χ4n) is 1.82. The lowest BCUT2D eigenvalue weighted by Gasteiger charge is -2.16. The minimum atomic E-state index is -0.559. The maximum atomic E-state index is 11.4. The van der Waals surface area contributed by atoms with Crippen molar-refractivity contribution >= 4 is 16.7 Å². The monoisotopic (exact) mass is 244 g/mol. The van der Waals surface area contributed by atoms with Crippen LogP contribution in [-0.4, -0.2) is 12.0 Å². The molecule has 18 heavy (non-hydrogen) atoms. The van der Waals surface area contributed by atoms with E-state index in [-0.39, 0.29) is 5.91 Å². The molecule has 0 spiro atoms. The van der Waals surface area contributed by atoms with Crippen LogP contribution in [-0.2, 0) is 4.79 Å². The standard InChI is InChI=1S/C14H16N2O2/c1-2-13(14(17)16-15)18-12-8-7-10-5-3-4-6-11(10)9-12/h3-9,13H,2,15H2,1H3,(H,16,17). The second-order valence-corrected chi connectivity index (χ2v) is 4.03. The van der Waals surface area contributed by atoms with Crippen LogP contribution in [0.15, 0.2) is 42.5 Å². The summed E-state index contributed by atoms with van der Waals surface area (Å²) in [4.78, 5) is 11.4. The highest BCUT2D eigenvalue weighted by Gasteiger charge is 2.16. The molecule has 0 saturated heterocycles. The van der Waals surface area contributed by atoms with E-state index in [4.69, 9.17) is 10.6 Å². The van der Waals surface area contributed by atoms with Crippen molar-refractivity contribution in [2.45, 2.75) is 19.4 Å².